The van der Waals surface area contributed by atoms with E-state index in [1.54, 1.807) is 29.7 Å². The van der Waals surface area contributed by atoms with Gasteiger partial charge in [-0.3, -0.25) is 4.79 Å². The zero-order valence-corrected chi connectivity index (χ0v) is 11.8. The Morgan fingerprint density at radius 1 is 1.53 bits per heavy atom. The van der Waals surface area contributed by atoms with E-state index in [4.69, 9.17) is 5.73 Å². The average Bonchev–Trinajstić information content (AvgIpc) is 2.89. The first-order valence-corrected chi connectivity index (χ1v) is 7.06. The number of hydrogen-bond donors (Lipinski definition) is 2. The lowest BCUT2D eigenvalue weighted by Crippen LogP contribution is -2.28. The second-order valence-electron chi connectivity index (χ2n) is 4.40. The van der Waals surface area contributed by atoms with Crippen molar-refractivity contribution < 1.29 is 4.79 Å². The van der Waals surface area contributed by atoms with Gasteiger partial charge < -0.3 is 11.1 Å². The fourth-order valence-electron chi connectivity index (χ4n) is 1.87. The van der Waals surface area contributed by atoms with Gasteiger partial charge in [0.1, 0.15) is 5.01 Å². The molecule has 1 aromatic carbocycles. The molecule has 2 aromatic rings. The molecule has 0 radical (unpaired) electrons. The molecule has 4 nitrogen and oxygen atoms in total. The molecule has 0 spiro atoms. The molecule has 1 amide bonds. The highest BCUT2D eigenvalue weighted by molar-refractivity contribution is 7.09. The molecule has 3 N–H and O–H groups in total. The molecule has 0 aliphatic carbocycles. The van der Waals surface area contributed by atoms with Gasteiger partial charge >= 0.3 is 0 Å². The van der Waals surface area contributed by atoms with E-state index in [1.807, 2.05) is 25.3 Å². The molecule has 0 saturated heterocycles. The Kier molecular flexibility index (Phi) is 4.16. The van der Waals surface area contributed by atoms with E-state index in [1.165, 1.54) is 0 Å². The molecule has 0 saturated carbocycles. The summed E-state index contributed by atoms with van der Waals surface area (Å²) >= 11 is 1.54. The molecule has 0 aliphatic rings. The Morgan fingerprint density at radius 2 is 2.32 bits per heavy atom. The summed E-state index contributed by atoms with van der Waals surface area (Å²) in [5.41, 5.74) is 7.95. The summed E-state index contributed by atoms with van der Waals surface area (Å²) in [6.45, 7) is 3.97. The number of nitrogens with two attached hydrogens (primary N) is 1. The third-order valence-corrected chi connectivity index (χ3v) is 3.80. The second-order valence-corrected chi connectivity index (χ2v) is 5.32. The van der Waals surface area contributed by atoms with Gasteiger partial charge in [-0.25, -0.2) is 4.98 Å². The SMILES string of the molecule is CCC(NC(=O)c1ccc(C)cc1N)c1nccs1. The number of nitrogen functional groups attached to an aromatic ring is 1. The van der Waals surface area contributed by atoms with Crippen LogP contribution in [0.2, 0.25) is 0 Å². The molecule has 2 rings (SSSR count). The Labute approximate surface area is 116 Å². The molecule has 19 heavy (non-hydrogen) atoms. The fraction of sp³-hybridized carbons (Fsp3) is 0.286. The maximum atomic E-state index is 12.2. The summed E-state index contributed by atoms with van der Waals surface area (Å²) in [4.78, 5) is 16.5. The van der Waals surface area contributed by atoms with Crippen molar-refractivity contribution >= 4 is 22.9 Å². The maximum absolute atomic E-state index is 12.2. The predicted molar refractivity (Wildman–Crippen MR) is 78.2 cm³/mol. The molecule has 0 fully saturated rings. The molecule has 5 heteroatoms. The van der Waals surface area contributed by atoms with Crippen molar-refractivity contribution in [1.29, 1.82) is 0 Å². The van der Waals surface area contributed by atoms with Crippen LogP contribution in [-0.4, -0.2) is 10.9 Å². The topological polar surface area (TPSA) is 68.0 Å². The van der Waals surface area contributed by atoms with Gasteiger partial charge in [-0.2, -0.15) is 0 Å². The van der Waals surface area contributed by atoms with Gasteiger partial charge in [-0.15, -0.1) is 11.3 Å². The van der Waals surface area contributed by atoms with Crippen LogP contribution >= 0.6 is 11.3 Å². The minimum absolute atomic E-state index is 0.0618. The number of nitrogens with zero attached hydrogens (tertiary/aromatic N) is 1. The van der Waals surface area contributed by atoms with E-state index in [0.717, 1.165) is 17.0 Å². The van der Waals surface area contributed by atoms with E-state index in [2.05, 4.69) is 10.3 Å². The maximum Gasteiger partial charge on any atom is 0.253 e. The van der Waals surface area contributed by atoms with Crippen molar-refractivity contribution in [2.24, 2.45) is 0 Å². The highest BCUT2D eigenvalue weighted by atomic mass is 32.1. The summed E-state index contributed by atoms with van der Waals surface area (Å²) in [5.74, 6) is -0.153. The van der Waals surface area contributed by atoms with Gasteiger partial charge in [0.15, 0.2) is 0 Å². The minimum Gasteiger partial charge on any atom is -0.398 e. The number of aromatic nitrogens is 1. The van der Waals surface area contributed by atoms with Gasteiger partial charge in [-0.1, -0.05) is 13.0 Å². The molecule has 1 unspecified atom stereocenters. The first kappa shape index (κ1) is 13.5. The zero-order chi connectivity index (χ0) is 13.8. The van der Waals surface area contributed by atoms with Crippen LogP contribution in [0.25, 0.3) is 0 Å². The van der Waals surface area contributed by atoms with Crippen LogP contribution in [-0.2, 0) is 0 Å². The number of amides is 1. The number of aryl methyl sites for hydroxylation is 1. The van der Waals surface area contributed by atoms with E-state index < -0.39 is 0 Å². The summed E-state index contributed by atoms with van der Waals surface area (Å²) < 4.78 is 0. The summed E-state index contributed by atoms with van der Waals surface area (Å²) in [6.07, 6.45) is 2.54. The smallest absolute Gasteiger partial charge is 0.253 e. The van der Waals surface area contributed by atoms with E-state index in [-0.39, 0.29) is 11.9 Å². The van der Waals surface area contributed by atoms with Gasteiger partial charge in [-0.05, 0) is 31.0 Å². The van der Waals surface area contributed by atoms with Gasteiger partial charge in [0, 0.05) is 17.3 Å². The van der Waals surface area contributed by atoms with Gasteiger partial charge in [0.25, 0.3) is 5.91 Å². The van der Waals surface area contributed by atoms with Crippen LogP contribution in [0, 0.1) is 6.92 Å². The van der Waals surface area contributed by atoms with Crippen LogP contribution in [0.4, 0.5) is 5.69 Å². The quantitative estimate of drug-likeness (QED) is 0.843. The van der Waals surface area contributed by atoms with E-state index in [9.17, 15) is 4.79 Å². The number of carbonyl (C=O) groups is 1. The van der Waals surface area contributed by atoms with Gasteiger partial charge in [0.2, 0.25) is 0 Å². The zero-order valence-electron chi connectivity index (χ0n) is 11.0. The van der Waals surface area contributed by atoms with Crippen LogP contribution in [0.5, 0.6) is 0 Å². The summed E-state index contributed by atoms with van der Waals surface area (Å²) in [5, 5.41) is 5.80. The van der Waals surface area contributed by atoms with E-state index in [0.29, 0.717) is 11.3 Å². The fourth-order valence-corrected chi connectivity index (χ4v) is 2.64. The lowest BCUT2D eigenvalue weighted by Gasteiger charge is -2.15. The first-order valence-electron chi connectivity index (χ1n) is 6.18. The van der Waals surface area contributed by atoms with Crippen LogP contribution in [0.15, 0.2) is 29.8 Å². The van der Waals surface area contributed by atoms with Crippen molar-refractivity contribution in [2.45, 2.75) is 26.3 Å². The molecular weight excluding hydrogens is 258 g/mol. The lowest BCUT2D eigenvalue weighted by atomic mass is 10.1. The Bertz CT molecular complexity index is 566. The van der Waals surface area contributed by atoms with E-state index >= 15 is 0 Å². The molecule has 0 bridgehead atoms. The standard InChI is InChI=1S/C14H17N3OS/c1-3-12(14-16-6-7-19-14)17-13(18)10-5-4-9(2)8-11(10)15/h4-8,12H,3,15H2,1-2H3,(H,17,18). The number of carbonyl (C=O) groups excluding carboxylic acids is 1. The number of nitrogens with one attached hydrogen (secondary N) is 1. The molecule has 0 aliphatic heterocycles. The van der Waals surface area contributed by atoms with Crippen molar-refractivity contribution in [3.8, 4) is 0 Å². The molecule has 1 atom stereocenters. The second kappa shape index (κ2) is 5.84. The van der Waals surface area contributed by atoms with Crippen molar-refractivity contribution in [3.63, 3.8) is 0 Å². The lowest BCUT2D eigenvalue weighted by molar-refractivity contribution is 0.0936. The molecule has 100 valence electrons. The summed E-state index contributed by atoms with van der Waals surface area (Å²) in [7, 11) is 0. The number of rotatable bonds is 4. The third-order valence-electron chi connectivity index (χ3n) is 2.91. The van der Waals surface area contributed by atoms with Gasteiger partial charge in [0.05, 0.1) is 11.6 Å². The first-order chi connectivity index (χ1) is 9.11. The molecule has 1 heterocycles. The monoisotopic (exact) mass is 275 g/mol. The van der Waals surface area contributed by atoms with Crippen molar-refractivity contribution in [1.82, 2.24) is 10.3 Å². The van der Waals surface area contributed by atoms with Crippen molar-refractivity contribution in [2.75, 3.05) is 5.73 Å². The number of hydrogen-bond acceptors (Lipinski definition) is 4. The highest BCUT2D eigenvalue weighted by Gasteiger charge is 2.17. The Hall–Kier alpha value is -1.88. The number of benzene rings is 1. The third kappa shape index (κ3) is 3.12. The minimum atomic E-state index is -0.153. The Balaban J connectivity index is 2.16. The predicted octanol–water partition coefficient (Wildman–Crippen LogP) is 2.91. The normalized spacial score (nSPS) is 12.1. The van der Waals surface area contributed by atoms with Crippen molar-refractivity contribution in [3.05, 3.63) is 45.9 Å². The van der Waals surface area contributed by atoms with Crippen LogP contribution in [0.1, 0.15) is 40.3 Å². The average molecular weight is 275 g/mol. The largest absolute Gasteiger partial charge is 0.398 e. The highest BCUT2D eigenvalue weighted by Crippen LogP contribution is 2.21. The Morgan fingerprint density at radius 3 is 2.89 bits per heavy atom. The van der Waals surface area contributed by atoms with Crippen LogP contribution in [0.3, 0.4) is 0 Å². The molecule has 1 aromatic heterocycles. The molecular formula is C14H17N3OS. The number of thiazole rings is 1. The van der Waals surface area contributed by atoms with Crippen LogP contribution < -0.4 is 11.1 Å². The summed E-state index contributed by atoms with van der Waals surface area (Å²) in [6, 6.07) is 5.39. The number of anilines is 1.